The Morgan fingerprint density at radius 2 is 1.77 bits per heavy atom. The van der Waals surface area contributed by atoms with Crippen molar-refractivity contribution in [2.45, 2.75) is 12.8 Å². The van der Waals surface area contributed by atoms with Gasteiger partial charge in [0.15, 0.2) is 0 Å². The molecule has 2 aromatic rings. The van der Waals surface area contributed by atoms with Crippen molar-refractivity contribution < 1.29 is 9.53 Å². The minimum absolute atomic E-state index is 0.0114. The first-order valence-corrected chi connectivity index (χ1v) is 9.11. The van der Waals surface area contributed by atoms with Crippen LogP contribution in [-0.4, -0.2) is 39.3 Å². The Labute approximate surface area is 155 Å². The number of amides is 1. The average Bonchev–Trinajstić information content (AvgIpc) is 2.68. The molecule has 1 aliphatic rings. The lowest BCUT2D eigenvalue weighted by Gasteiger charge is -2.37. The molecule has 0 spiro atoms. The van der Waals surface area contributed by atoms with Gasteiger partial charge in [-0.2, -0.15) is 0 Å². The Kier molecular flexibility index (Phi) is 6.26. The predicted molar refractivity (Wildman–Crippen MR) is 105 cm³/mol. The molecule has 1 amide bonds. The Morgan fingerprint density at radius 1 is 1.08 bits per heavy atom. The number of carbonyl (C=O) groups excluding carboxylic acids is 1. The molecule has 1 fully saturated rings. The van der Waals surface area contributed by atoms with Gasteiger partial charge in [0, 0.05) is 24.8 Å². The predicted octanol–water partition coefficient (Wildman–Crippen LogP) is 3.18. The van der Waals surface area contributed by atoms with Gasteiger partial charge in [-0.15, -0.1) is 0 Å². The van der Waals surface area contributed by atoms with Crippen molar-refractivity contribution in [2.75, 3.05) is 38.7 Å². The number of benzene rings is 2. The van der Waals surface area contributed by atoms with E-state index in [9.17, 15) is 4.79 Å². The number of para-hydroxylation sites is 2. The van der Waals surface area contributed by atoms with E-state index in [0.29, 0.717) is 18.7 Å². The first-order chi connectivity index (χ1) is 12.7. The van der Waals surface area contributed by atoms with Crippen LogP contribution >= 0.6 is 0 Å². The van der Waals surface area contributed by atoms with Crippen molar-refractivity contribution in [3.8, 4) is 0 Å². The Bertz CT molecular complexity index is 707. The Hall–Kier alpha value is -2.37. The van der Waals surface area contributed by atoms with Gasteiger partial charge in [-0.25, -0.2) is 0 Å². The minimum atomic E-state index is -0.0574. The summed E-state index contributed by atoms with van der Waals surface area (Å²) in [6, 6.07) is 17.5. The summed E-state index contributed by atoms with van der Waals surface area (Å²) in [5, 5.41) is 9.84. The first kappa shape index (κ1) is 18.4. The zero-order valence-electron chi connectivity index (χ0n) is 15.3. The SMILES string of the molecule is COCC1(CNC(=O)c2ccccc2Nc2ccccc2)CCNCC1. The van der Waals surface area contributed by atoms with Crippen LogP contribution in [0.15, 0.2) is 54.6 Å². The first-order valence-electron chi connectivity index (χ1n) is 9.11. The molecule has 0 saturated carbocycles. The second kappa shape index (κ2) is 8.83. The van der Waals surface area contributed by atoms with Crippen LogP contribution in [0.2, 0.25) is 0 Å². The van der Waals surface area contributed by atoms with Crippen LogP contribution in [0.3, 0.4) is 0 Å². The normalized spacial score (nSPS) is 16.0. The molecule has 0 unspecified atom stereocenters. The number of anilines is 2. The lowest BCUT2D eigenvalue weighted by Crippen LogP contribution is -2.47. The van der Waals surface area contributed by atoms with Gasteiger partial charge in [0.25, 0.3) is 5.91 Å². The number of carbonyl (C=O) groups is 1. The van der Waals surface area contributed by atoms with Crippen LogP contribution in [0.1, 0.15) is 23.2 Å². The van der Waals surface area contributed by atoms with Gasteiger partial charge in [0.2, 0.25) is 0 Å². The fourth-order valence-electron chi connectivity index (χ4n) is 3.47. The highest BCUT2D eigenvalue weighted by atomic mass is 16.5. The van der Waals surface area contributed by atoms with Crippen molar-refractivity contribution in [2.24, 2.45) is 5.41 Å². The zero-order chi connectivity index (χ0) is 18.2. The van der Waals surface area contributed by atoms with Crippen molar-refractivity contribution in [1.82, 2.24) is 10.6 Å². The standard InChI is InChI=1S/C21H27N3O2/c1-26-16-21(11-13-22-14-12-21)15-23-20(25)18-9-5-6-10-19(18)24-17-7-3-2-4-8-17/h2-10,22,24H,11-16H2,1H3,(H,23,25). The molecule has 1 aliphatic heterocycles. The van der Waals surface area contributed by atoms with Gasteiger partial charge in [-0.05, 0) is 50.2 Å². The van der Waals surface area contributed by atoms with E-state index in [0.717, 1.165) is 37.3 Å². The maximum absolute atomic E-state index is 12.8. The molecule has 5 heteroatoms. The molecule has 26 heavy (non-hydrogen) atoms. The third-order valence-corrected chi connectivity index (χ3v) is 4.96. The summed E-state index contributed by atoms with van der Waals surface area (Å²) in [5.74, 6) is -0.0574. The van der Waals surface area contributed by atoms with Crippen molar-refractivity contribution in [3.05, 3.63) is 60.2 Å². The molecule has 138 valence electrons. The molecule has 1 saturated heterocycles. The molecule has 0 bridgehead atoms. The lowest BCUT2D eigenvalue weighted by molar-refractivity contribution is 0.0512. The lowest BCUT2D eigenvalue weighted by atomic mass is 9.79. The van der Waals surface area contributed by atoms with E-state index >= 15 is 0 Å². The topological polar surface area (TPSA) is 62.4 Å². The number of nitrogens with one attached hydrogen (secondary N) is 3. The van der Waals surface area contributed by atoms with Crippen LogP contribution in [-0.2, 0) is 4.74 Å². The summed E-state index contributed by atoms with van der Waals surface area (Å²) in [5.41, 5.74) is 2.43. The fraction of sp³-hybridized carbons (Fsp3) is 0.381. The highest BCUT2D eigenvalue weighted by molar-refractivity contribution is 6.00. The van der Waals surface area contributed by atoms with Crippen LogP contribution in [0.5, 0.6) is 0 Å². The molecule has 0 aromatic heterocycles. The molecular weight excluding hydrogens is 326 g/mol. The van der Waals surface area contributed by atoms with Gasteiger partial charge in [0.1, 0.15) is 0 Å². The average molecular weight is 353 g/mol. The summed E-state index contributed by atoms with van der Waals surface area (Å²) in [7, 11) is 1.73. The van der Waals surface area contributed by atoms with E-state index in [2.05, 4.69) is 16.0 Å². The van der Waals surface area contributed by atoms with E-state index < -0.39 is 0 Å². The molecule has 0 aliphatic carbocycles. The highest BCUT2D eigenvalue weighted by Gasteiger charge is 2.32. The van der Waals surface area contributed by atoms with Gasteiger partial charge in [-0.1, -0.05) is 30.3 Å². The number of hydrogen-bond acceptors (Lipinski definition) is 4. The maximum atomic E-state index is 12.8. The van der Waals surface area contributed by atoms with Crippen LogP contribution in [0, 0.1) is 5.41 Å². The molecule has 0 atom stereocenters. The van der Waals surface area contributed by atoms with Crippen molar-refractivity contribution in [1.29, 1.82) is 0 Å². The molecule has 2 aromatic carbocycles. The van der Waals surface area contributed by atoms with Gasteiger partial charge < -0.3 is 20.7 Å². The molecule has 3 rings (SSSR count). The summed E-state index contributed by atoms with van der Waals surface area (Å²) in [4.78, 5) is 12.8. The summed E-state index contributed by atoms with van der Waals surface area (Å²) < 4.78 is 5.43. The smallest absolute Gasteiger partial charge is 0.253 e. The number of piperidine rings is 1. The Morgan fingerprint density at radius 3 is 2.50 bits per heavy atom. The number of hydrogen-bond donors (Lipinski definition) is 3. The van der Waals surface area contributed by atoms with E-state index in [-0.39, 0.29) is 11.3 Å². The van der Waals surface area contributed by atoms with E-state index in [1.165, 1.54) is 0 Å². The van der Waals surface area contributed by atoms with Crippen molar-refractivity contribution >= 4 is 17.3 Å². The van der Waals surface area contributed by atoms with Gasteiger partial charge in [-0.3, -0.25) is 4.79 Å². The number of ether oxygens (including phenoxy) is 1. The third-order valence-electron chi connectivity index (χ3n) is 4.96. The number of methoxy groups -OCH3 is 1. The zero-order valence-corrected chi connectivity index (χ0v) is 15.3. The van der Waals surface area contributed by atoms with E-state index in [4.69, 9.17) is 4.74 Å². The molecule has 5 nitrogen and oxygen atoms in total. The van der Waals surface area contributed by atoms with Crippen LogP contribution < -0.4 is 16.0 Å². The summed E-state index contributed by atoms with van der Waals surface area (Å²) in [6.07, 6.45) is 2.01. The largest absolute Gasteiger partial charge is 0.384 e. The summed E-state index contributed by atoms with van der Waals surface area (Å²) in [6.45, 7) is 3.22. The van der Waals surface area contributed by atoms with Crippen LogP contribution in [0.4, 0.5) is 11.4 Å². The monoisotopic (exact) mass is 353 g/mol. The molecule has 3 N–H and O–H groups in total. The molecular formula is C21H27N3O2. The van der Waals surface area contributed by atoms with Gasteiger partial charge >= 0.3 is 0 Å². The molecule has 1 heterocycles. The third kappa shape index (κ3) is 4.62. The number of rotatable bonds is 7. The van der Waals surface area contributed by atoms with E-state index in [1.54, 1.807) is 7.11 Å². The fourth-order valence-corrected chi connectivity index (χ4v) is 3.47. The second-order valence-corrected chi connectivity index (χ2v) is 6.90. The van der Waals surface area contributed by atoms with E-state index in [1.807, 2.05) is 54.6 Å². The van der Waals surface area contributed by atoms with Crippen molar-refractivity contribution in [3.63, 3.8) is 0 Å². The quantitative estimate of drug-likeness (QED) is 0.715. The van der Waals surface area contributed by atoms with Crippen LogP contribution in [0.25, 0.3) is 0 Å². The van der Waals surface area contributed by atoms with Gasteiger partial charge in [0.05, 0.1) is 17.9 Å². The second-order valence-electron chi connectivity index (χ2n) is 6.90. The molecule has 0 radical (unpaired) electrons. The summed E-state index contributed by atoms with van der Waals surface area (Å²) >= 11 is 0. The Balaban J connectivity index is 1.69. The minimum Gasteiger partial charge on any atom is -0.384 e. The highest BCUT2D eigenvalue weighted by Crippen LogP contribution is 2.28. The maximum Gasteiger partial charge on any atom is 0.253 e.